The van der Waals surface area contributed by atoms with Crippen LogP contribution in [0, 0.1) is 0 Å². The van der Waals surface area contributed by atoms with E-state index in [1.165, 1.54) is 6.92 Å². The van der Waals surface area contributed by atoms with Crippen molar-refractivity contribution < 1.29 is 24.3 Å². The summed E-state index contributed by atoms with van der Waals surface area (Å²) >= 11 is 0. The second-order valence-corrected chi connectivity index (χ2v) is 6.47. The number of aliphatic carboxylic acids is 1. The molecule has 140 valence electrons. The van der Waals surface area contributed by atoms with Gasteiger partial charge >= 0.3 is 5.97 Å². The molecule has 1 aromatic carbocycles. The number of Topliss-reactive ketones (excluding diaryl/α,β-unsaturated/α-hetero) is 1. The van der Waals surface area contributed by atoms with E-state index in [0.717, 1.165) is 17.5 Å². The minimum Gasteiger partial charge on any atom is -0.481 e. The Balaban J connectivity index is 2.00. The number of nitrogens with zero attached hydrogens (tertiary/aromatic N) is 1. The number of hydrogen-bond donors (Lipinski definition) is 2. The fourth-order valence-electron chi connectivity index (χ4n) is 3.20. The second-order valence-electron chi connectivity index (χ2n) is 6.47. The van der Waals surface area contributed by atoms with E-state index >= 15 is 0 Å². The van der Waals surface area contributed by atoms with Gasteiger partial charge in [0.25, 0.3) is 0 Å². The number of amides is 2. The van der Waals surface area contributed by atoms with Crippen LogP contribution in [0.4, 0.5) is 0 Å². The lowest BCUT2D eigenvalue weighted by Gasteiger charge is -2.23. The normalized spacial score (nSPS) is 16.3. The molecule has 2 N–H and O–H groups in total. The zero-order valence-electron chi connectivity index (χ0n) is 14.9. The number of hydrogen-bond acceptors (Lipinski definition) is 4. The highest BCUT2D eigenvalue weighted by atomic mass is 16.4. The molecular formula is C19H24N2O5. The van der Waals surface area contributed by atoms with Gasteiger partial charge in [-0.1, -0.05) is 24.3 Å². The lowest BCUT2D eigenvalue weighted by molar-refractivity contribution is -0.137. The quantitative estimate of drug-likeness (QED) is 0.718. The predicted molar refractivity (Wildman–Crippen MR) is 94.5 cm³/mol. The van der Waals surface area contributed by atoms with Crippen LogP contribution in [-0.4, -0.2) is 52.7 Å². The molecule has 1 aliphatic heterocycles. The molecule has 0 radical (unpaired) electrons. The number of nitrogens with one attached hydrogen (secondary N) is 1. The highest BCUT2D eigenvalue weighted by Gasteiger charge is 2.31. The summed E-state index contributed by atoms with van der Waals surface area (Å²) in [6, 6.07) is 6.85. The first-order valence-electron chi connectivity index (χ1n) is 8.73. The Morgan fingerprint density at radius 3 is 2.42 bits per heavy atom. The molecule has 0 aliphatic carbocycles. The zero-order valence-corrected chi connectivity index (χ0v) is 14.9. The van der Waals surface area contributed by atoms with Gasteiger partial charge in [0.2, 0.25) is 11.8 Å². The van der Waals surface area contributed by atoms with Gasteiger partial charge in [-0.25, -0.2) is 0 Å². The molecule has 1 aromatic rings. The summed E-state index contributed by atoms with van der Waals surface area (Å²) in [5.74, 6) is -1.36. The van der Waals surface area contributed by atoms with E-state index in [-0.39, 0.29) is 49.4 Å². The van der Waals surface area contributed by atoms with Crippen LogP contribution in [-0.2, 0) is 32.0 Å². The largest absolute Gasteiger partial charge is 0.481 e. The van der Waals surface area contributed by atoms with E-state index in [1.54, 1.807) is 29.2 Å². The summed E-state index contributed by atoms with van der Waals surface area (Å²) in [6.45, 7) is 2.16. The maximum Gasteiger partial charge on any atom is 0.305 e. The molecule has 1 atom stereocenters. The van der Waals surface area contributed by atoms with E-state index < -0.39 is 5.97 Å². The van der Waals surface area contributed by atoms with Gasteiger partial charge in [-0.05, 0) is 30.9 Å². The first-order valence-corrected chi connectivity index (χ1v) is 8.73. The third-order valence-electron chi connectivity index (χ3n) is 4.51. The van der Waals surface area contributed by atoms with Gasteiger partial charge in [0.15, 0.2) is 5.78 Å². The third-order valence-corrected chi connectivity index (χ3v) is 4.51. The molecule has 2 amide bonds. The summed E-state index contributed by atoms with van der Waals surface area (Å²) in [6.07, 6.45) is 1.62. The number of benzene rings is 1. The van der Waals surface area contributed by atoms with Gasteiger partial charge in [-0.15, -0.1) is 0 Å². The Morgan fingerprint density at radius 1 is 1.15 bits per heavy atom. The molecule has 1 fully saturated rings. The van der Waals surface area contributed by atoms with Crippen molar-refractivity contribution in [1.29, 1.82) is 0 Å². The van der Waals surface area contributed by atoms with Gasteiger partial charge in [0.1, 0.15) is 0 Å². The Hall–Kier alpha value is -2.70. The zero-order chi connectivity index (χ0) is 19.1. The minimum absolute atomic E-state index is 0.00180. The van der Waals surface area contributed by atoms with Crippen molar-refractivity contribution in [3.63, 3.8) is 0 Å². The van der Waals surface area contributed by atoms with Crippen LogP contribution in [0.15, 0.2) is 24.3 Å². The highest BCUT2D eigenvalue weighted by Crippen LogP contribution is 2.20. The lowest BCUT2D eigenvalue weighted by atomic mass is 10.0. The number of carbonyl (C=O) groups is 4. The molecule has 26 heavy (non-hydrogen) atoms. The Bertz CT molecular complexity index is 701. The maximum atomic E-state index is 12.6. The maximum absolute atomic E-state index is 12.6. The van der Waals surface area contributed by atoms with Crippen LogP contribution in [0.3, 0.4) is 0 Å². The van der Waals surface area contributed by atoms with E-state index in [9.17, 15) is 19.2 Å². The number of carbonyl (C=O) groups excluding carboxylic acids is 3. The van der Waals surface area contributed by atoms with Crippen molar-refractivity contribution in [2.75, 3.05) is 13.1 Å². The Morgan fingerprint density at radius 2 is 1.81 bits per heavy atom. The monoisotopic (exact) mass is 360 g/mol. The first kappa shape index (κ1) is 19.6. The molecule has 7 heteroatoms. The molecule has 7 nitrogen and oxygen atoms in total. The predicted octanol–water partition coefficient (Wildman–Crippen LogP) is 0.942. The van der Waals surface area contributed by atoms with Gasteiger partial charge in [0, 0.05) is 13.1 Å². The summed E-state index contributed by atoms with van der Waals surface area (Å²) in [5, 5.41) is 11.2. The average Bonchev–Trinajstić information content (AvgIpc) is 3.06. The molecule has 1 aliphatic rings. The van der Waals surface area contributed by atoms with Gasteiger partial charge in [-0.2, -0.15) is 0 Å². The van der Waals surface area contributed by atoms with Crippen molar-refractivity contribution in [2.45, 2.75) is 45.1 Å². The van der Waals surface area contributed by atoms with Crippen LogP contribution in [0.2, 0.25) is 0 Å². The molecule has 0 saturated carbocycles. The number of carboxylic acid groups (broad SMARTS) is 1. The van der Waals surface area contributed by atoms with Crippen molar-refractivity contribution in [2.24, 2.45) is 0 Å². The van der Waals surface area contributed by atoms with Gasteiger partial charge < -0.3 is 15.3 Å². The molecule has 0 bridgehead atoms. The molecular weight excluding hydrogens is 336 g/mol. The van der Waals surface area contributed by atoms with E-state index in [1.807, 2.05) is 0 Å². The second kappa shape index (κ2) is 9.12. The number of likely N-dealkylation sites (tertiary alicyclic amines) is 1. The molecule has 1 saturated heterocycles. The summed E-state index contributed by atoms with van der Waals surface area (Å²) in [4.78, 5) is 48.4. The Labute approximate surface area is 152 Å². The van der Waals surface area contributed by atoms with Crippen molar-refractivity contribution >= 4 is 23.6 Å². The standard InChI is InChI=1S/C19H24N2O5/c1-13(22)16-7-4-10-21(16)18(24)12-15-6-3-2-5-14(15)11-17(23)20-9-8-19(25)26/h2-3,5-6,16H,4,7-12H2,1H3,(H,20,23)(H,25,26). The van der Waals surface area contributed by atoms with Crippen LogP contribution >= 0.6 is 0 Å². The number of ketones is 1. The summed E-state index contributed by atoms with van der Waals surface area (Å²) in [5.41, 5.74) is 1.48. The molecule has 1 unspecified atom stereocenters. The van der Waals surface area contributed by atoms with Crippen LogP contribution < -0.4 is 5.32 Å². The SMILES string of the molecule is CC(=O)C1CCCN1C(=O)Cc1ccccc1CC(=O)NCCC(=O)O. The van der Waals surface area contributed by atoms with Crippen molar-refractivity contribution in [3.05, 3.63) is 35.4 Å². The van der Waals surface area contributed by atoms with Gasteiger partial charge in [-0.3, -0.25) is 19.2 Å². The molecule has 1 heterocycles. The van der Waals surface area contributed by atoms with Crippen molar-refractivity contribution in [3.8, 4) is 0 Å². The minimum atomic E-state index is -0.970. The van der Waals surface area contributed by atoms with Crippen LogP contribution in [0.5, 0.6) is 0 Å². The Kier molecular flexibility index (Phi) is 6.89. The fourth-order valence-corrected chi connectivity index (χ4v) is 3.20. The number of carboxylic acids is 1. The average molecular weight is 360 g/mol. The van der Waals surface area contributed by atoms with E-state index in [2.05, 4.69) is 5.32 Å². The summed E-state index contributed by atoms with van der Waals surface area (Å²) in [7, 11) is 0. The molecule has 2 rings (SSSR count). The molecule has 0 aromatic heterocycles. The lowest BCUT2D eigenvalue weighted by Crippen LogP contribution is -2.40. The van der Waals surface area contributed by atoms with Gasteiger partial charge in [0.05, 0.1) is 25.3 Å². The van der Waals surface area contributed by atoms with Crippen LogP contribution in [0.25, 0.3) is 0 Å². The molecule has 0 spiro atoms. The number of rotatable bonds is 8. The highest BCUT2D eigenvalue weighted by molar-refractivity contribution is 5.89. The fraction of sp³-hybridized carbons (Fsp3) is 0.474. The smallest absolute Gasteiger partial charge is 0.305 e. The van der Waals surface area contributed by atoms with Crippen molar-refractivity contribution in [1.82, 2.24) is 10.2 Å². The van der Waals surface area contributed by atoms with E-state index in [0.29, 0.717) is 13.0 Å². The topological polar surface area (TPSA) is 104 Å². The van der Waals surface area contributed by atoms with E-state index in [4.69, 9.17) is 5.11 Å². The summed E-state index contributed by atoms with van der Waals surface area (Å²) < 4.78 is 0. The third kappa shape index (κ3) is 5.40. The first-order chi connectivity index (χ1) is 12.4. The van der Waals surface area contributed by atoms with Crippen LogP contribution in [0.1, 0.15) is 37.3 Å².